The van der Waals surface area contributed by atoms with Gasteiger partial charge in [0.1, 0.15) is 0 Å². The Morgan fingerprint density at radius 2 is 2.67 bits per heavy atom. The van der Waals surface area contributed by atoms with Crippen LogP contribution in [0.25, 0.3) is 0 Å². The van der Waals surface area contributed by atoms with E-state index in [0.717, 1.165) is 0 Å². The molecule has 0 aliphatic carbocycles. The van der Waals surface area contributed by atoms with E-state index in [4.69, 9.17) is 0 Å². The van der Waals surface area contributed by atoms with Gasteiger partial charge in [0.25, 0.3) is 0 Å². The first kappa shape index (κ1) is 4.59. The molecule has 0 bridgehead atoms. The summed E-state index contributed by atoms with van der Waals surface area (Å²) in [7, 11) is 0. The van der Waals surface area contributed by atoms with Crippen LogP contribution >= 0.6 is 33.9 Å². The highest BCUT2D eigenvalue weighted by Gasteiger charge is 1.78. The van der Waals surface area contributed by atoms with Gasteiger partial charge in [-0.2, -0.15) is 11.3 Å². The zero-order valence-electron chi connectivity index (χ0n) is 2.94. The standard InChI is InChI=1S/C4H2IS/c5-4-1-2-6-3-4/h2-3H. The first-order valence-corrected chi connectivity index (χ1v) is 3.51. The Morgan fingerprint density at radius 3 is 2.83 bits per heavy atom. The Hall–Kier alpha value is 0.430. The van der Waals surface area contributed by atoms with Gasteiger partial charge in [0, 0.05) is 15.0 Å². The fraction of sp³-hybridized carbons (Fsp3) is 0. The summed E-state index contributed by atoms with van der Waals surface area (Å²) in [6, 6.07) is 3.01. The minimum Gasteiger partial charge on any atom is -0.151 e. The maximum atomic E-state index is 3.01. The number of hydrogen-bond donors (Lipinski definition) is 0. The lowest BCUT2D eigenvalue weighted by molar-refractivity contribution is 1.86. The molecule has 0 nitrogen and oxygen atoms in total. The van der Waals surface area contributed by atoms with Crippen molar-refractivity contribution in [2.24, 2.45) is 0 Å². The van der Waals surface area contributed by atoms with Crippen LogP contribution in [-0.4, -0.2) is 0 Å². The molecule has 0 spiro atoms. The van der Waals surface area contributed by atoms with Gasteiger partial charge in [-0.05, 0) is 28.0 Å². The SMILES string of the molecule is Ic1[c]csc1. The van der Waals surface area contributed by atoms with Crippen LogP contribution in [0.4, 0.5) is 0 Å². The molecule has 1 heterocycles. The third-order valence-electron chi connectivity index (χ3n) is 0.436. The van der Waals surface area contributed by atoms with Crippen molar-refractivity contribution in [3.8, 4) is 0 Å². The first-order valence-electron chi connectivity index (χ1n) is 1.49. The molecule has 0 aromatic carbocycles. The Bertz CT molecular complexity index is 111. The molecule has 0 saturated heterocycles. The average Bonchev–Trinajstić information content (AvgIpc) is 1.86. The maximum Gasteiger partial charge on any atom is 0.0316 e. The van der Waals surface area contributed by atoms with Crippen molar-refractivity contribution in [2.75, 3.05) is 0 Å². The van der Waals surface area contributed by atoms with E-state index >= 15 is 0 Å². The van der Waals surface area contributed by atoms with Crippen molar-refractivity contribution < 1.29 is 0 Å². The topological polar surface area (TPSA) is 0 Å². The van der Waals surface area contributed by atoms with Crippen LogP contribution in [0.3, 0.4) is 0 Å². The van der Waals surface area contributed by atoms with Crippen LogP contribution < -0.4 is 0 Å². The van der Waals surface area contributed by atoms with Crippen LogP contribution in [0.1, 0.15) is 0 Å². The zero-order chi connectivity index (χ0) is 4.41. The predicted octanol–water partition coefficient (Wildman–Crippen LogP) is 2.15. The summed E-state index contributed by atoms with van der Waals surface area (Å²) in [5, 5.41) is 4.00. The van der Waals surface area contributed by atoms with Gasteiger partial charge < -0.3 is 0 Å². The molecule has 0 N–H and O–H groups in total. The van der Waals surface area contributed by atoms with Crippen LogP contribution in [0.15, 0.2) is 10.8 Å². The van der Waals surface area contributed by atoms with E-state index < -0.39 is 0 Å². The average molecular weight is 209 g/mol. The fourth-order valence-electron chi connectivity index (χ4n) is 0.218. The summed E-state index contributed by atoms with van der Waals surface area (Å²) in [5.41, 5.74) is 0. The fourth-order valence-corrected chi connectivity index (χ4v) is 1.48. The second-order valence-corrected chi connectivity index (χ2v) is 2.77. The van der Waals surface area contributed by atoms with Gasteiger partial charge in [0.2, 0.25) is 0 Å². The van der Waals surface area contributed by atoms with Crippen molar-refractivity contribution in [1.82, 2.24) is 0 Å². The van der Waals surface area contributed by atoms with Gasteiger partial charge in [-0.25, -0.2) is 0 Å². The lowest BCUT2D eigenvalue weighted by Crippen LogP contribution is -1.45. The second-order valence-electron chi connectivity index (χ2n) is 0.864. The van der Waals surface area contributed by atoms with Crippen molar-refractivity contribution >= 4 is 33.9 Å². The Kier molecular flexibility index (Phi) is 1.48. The highest BCUT2D eigenvalue weighted by molar-refractivity contribution is 14.1. The van der Waals surface area contributed by atoms with Crippen LogP contribution in [0.5, 0.6) is 0 Å². The molecule has 0 saturated carbocycles. The largest absolute Gasteiger partial charge is 0.151 e. The van der Waals surface area contributed by atoms with Crippen LogP contribution in [-0.2, 0) is 0 Å². The summed E-state index contributed by atoms with van der Waals surface area (Å²) in [6.07, 6.45) is 0. The maximum absolute atomic E-state index is 3.01. The molecule has 1 aromatic heterocycles. The molecule has 0 amide bonds. The Labute approximate surface area is 54.3 Å². The van der Waals surface area contributed by atoms with Gasteiger partial charge in [0.05, 0.1) is 0 Å². The van der Waals surface area contributed by atoms with Gasteiger partial charge in [0.15, 0.2) is 0 Å². The number of thiophene rings is 1. The van der Waals surface area contributed by atoms with Crippen LogP contribution in [0, 0.1) is 9.64 Å². The van der Waals surface area contributed by atoms with Gasteiger partial charge in [-0.1, -0.05) is 0 Å². The number of rotatable bonds is 0. The molecule has 2 heteroatoms. The third-order valence-corrected chi connectivity index (χ3v) is 2.11. The van der Waals surface area contributed by atoms with Crippen LogP contribution in [0.2, 0.25) is 0 Å². The highest BCUT2D eigenvalue weighted by Crippen LogP contribution is 2.06. The van der Waals surface area contributed by atoms with E-state index in [1.165, 1.54) is 3.57 Å². The van der Waals surface area contributed by atoms with E-state index in [1.54, 1.807) is 11.3 Å². The first-order chi connectivity index (χ1) is 2.89. The van der Waals surface area contributed by atoms with Crippen molar-refractivity contribution in [2.45, 2.75) is 0 Å². The summed E-state index contributed by atoms with van der Waals surface area (Å²) in [5.74, 6) is 0. The Morgan fingerprint density at radius 1 is 1.83 bits per heavy atom. The molecule has 1 radical (unpaired) electrons. The molecule has 6 heavy (non-hydrogen) atoms. The Balaban J connectivity index is 3.05. The molecule has 1 rings (SSSR count). The lowest BCUT2D eigenvalue weighted by Gasteiger charge is -1.61. The van der Waals surface area contributed by atoms with E-state index in [2.05, 4.69) is 34.0 Å². The van der Waals surface area contributed by atoms with E-state index in [0.29, 0.717) is 0 Å². The summed E-state index contributed by atoms with van der Waals surface area (Å²) < 4.78 is 1.21. The molecule has 0 aliphatic heterocycles. The van der Waals surface area contributed by atoms with Crippen molar-refractivity contribution in [3.05, 3.63) is 20.4 Å². The van der Waals surface area contributed by atoms with Crippen molar-refractivity contribution in [1.29, 1.82) is 0 Å². The zero-order valence-corrected chi connectivity index (χ0v) is 5.91. The lowest BCUT2D eigenvalue weighted by atomic mass is 10.7. The summed E-state index contributed by atoms with van der Waals surface area (Å²) in [6.45, 7) is 0. The quantitative estimate of drug-likeness (QED) is 0.574. The highest BCUT2D eigenvalue weighted by atomic mass is 127. The third kappa shape index (κ3) is 0.944. The molecular formula is C4H2IS. The molecular weight excluding hydrogens is 207 g/mol. The van der Waals surface area contributed by atoms with E-state index in [9.17, 15) is 0 Å². The van der Waals surface area contributed by atoms with E-state index in [-0.39, 0.29) is 0 Å². The molecule has 1 aromatic rings. The van der Waals surface area contributed by atoms with E-state index in [1.807, 2.05) is 5.38 Å². The summed E-state index contributed by atoms with van der Waals surface area (Å²) in [4.78, 5) is 0. The van der Waals surface area contributed by atoms with Gasteiger partial charge in [-0.15, -0.1) is 0 Å². The number of hydrogen-bond acceptors (Lipinski definition) is 1. The monoisotopic (exact) mass is 209 g/mol. The normalized spacial score (nSPS) is 8.83. The molecule has 0 fully saturated rings. The van der Waals surface area contributed by atoms with Crippen molar-refractivity contribution in [3.63, 3.8) is 0 Å². The molecule has 31 valence electrons. The molecule has 0 aliphatic rings. The minimum absolute atomic E-state index is 1.21. The summed E-state index contributed by atoms with van der Waals surface area (Å²) >= 11 is 3.91. The van der Waals surface area contributed by atoms with Gasteiger partial charge >= 0.3 is 0 Å². The molecule has 0 unspecified atom stereocenters. The molecule has 0 atom stereocenters. The predicted molar refractivity (Wildman–Crippen MR) is 35.9 cm³/mol. The smallest absolute Gasteiger partial charge is 0.0316 e. The second kappa shape index (κ2) is 1.93. The minimum atomic E-state index is 1.21. The number of halogens is 1. The van der Waals surface area contributed by atoms with Gasteiger partial charge in [-0.3, -0.25) is 0 Å².